The zero-order valence-corrected chi connectivity index (χ0v) is 14.3. The van der Waals surface area contributed by atoms with Gasteiger partial charge in [0.05, 0.1) is 11.6 Å². The largest absolute Gasteiger partial charge is 0.396 e. The lowest BCUT2D eigenvalue weighted by Crippen LogP contribution is -2.38. The van der Waals surface area contributed by atoms with Crippen LogP contribution in [-0.2, 0) is 6.42 Å². The molecule has 0 saturated heterocycles. The number of rotatable bonds is 7. The molecule has 0 radical (unpaired) electrons. The van der Waals surface area contributed by atoms with Gasteiger partial charge in [-0.15, -0.1) is 11.3 Å². The lowest BCUT2D eigenvalue weighted by Gasteiger charge is -2.15. The highest BCUT2D eigenvalue weighted by Gasteiger charge is 2.11. The van der Waals surface area contributed by atoms with Crippen LogP contribution in [-0.4, -0.2) is 28.8 Å². The van der Waals surface area contributed by atoms with Crippen molar-refractivity contribution in [1.82, 2.24) is 10.3 Å². The maximum absolute atomic E-state index is 11.9. The van der Waals surface area contributed by atoms with Crippen molar-refractivity contribution in [2.45, 2.75) is 32.2 Å². The predicted octanol–water partition coefficient (Wildman–Crippen LogP) is 2.89. The Kier molecular flexibility index (Phi) is 6.73. The molecule has 1 aromatic carbocycles. The number of benzene rings is 1. The Morgan fingerprint density at radius 1 is 1.50 bits per heavy atom. The molecule has 0 fully saturated rings. The fraction of sp³-hybridized carbons (Fsp3) is 0.353. The first-order chi connectivity index (χ1) is 11.6. The van der Waals surface area contributed by atoms with Gasteiger partial charge in [-0.05, 0) is 30.5 Å². The molecule has 1 unspecified atom stereocenters. The highest BCUT2D eigenvalue weighted by atomic mass is 32.1. The van der Waals surface area contributed by atoms with Crippen LogP contribution < -0.4 is 10.6 Å². The van der Waals surface area contributed by atoms with Crippen LogP contribution in [0.2, 0.25) is 0 Å². The van der Waals surface area contributed by atoms with Gasteiger partial charge in [0.1, 0.15) is 0 Å². The summed E-state index contributed by atoms with van der Waals surface area (Å²) in [7, 11) is 0. The van der Waals surface area contributed by atoms with E-state index in [0.717, 1.165) is 16.9 Å². The number of nitrogens with one attached hydrogen (secondary N) is 2. The van der Waals surface area contributed by atoms with Crippen molar-refractivity contribution in [1.29, 1.82) is 5.26 Å². The van der Waals surface area contributed by atoms with Gasteiger partial charge in [-0.25, -0.2) is 9.78 Å². The summed E-state index contributed by atoms with van der Waals surface area (Å²) >= 11 is 1.40. The molecule has 0 aliphatic rings. The molecule has 126 valence electrons. The van der Waals surface area contributed by atoms with E-state index in [1.54, 1.807) is 12.3 Å². The monoisotopic (exact) mass is 344 g/mol. The van der Waals surface area contributed by atoms with Crippen molar-refractivity contribution in [2.75, 3.05) is 11.9 Å². The van der Waals surface area contributed by atoms with Gasteiger partial charge in [0, 0.05) is 30.1 Å². The number of anilines is 1. The van der Waals surface area contributed by atoms with E-state index in [-0.39, 0.29) is 18.7 Å². The van der Waals surface area contributed by atoms with Crippen molar-refractivity contribution in [2.24, 2.45) is 0 Å². The van der Waals surface area contributed by atoms with Gasteiger partial charge in [0.2, 0.25) is 0 Å². The first-order valence-corrected chi connectivity index (χ1v) is 8.58. The lowest BCUT2D eigenvalue weighted by atomic mass is 10.1. The SMILES string of the molecule is CCC(CCO)NC(=O)Nc1ncc(Cc2cccc(C#N)c2)s1. The molecule has 2 aromatic rings. The van der Waals surface area contributed by atoms with Crippen LogP contribution in [0.15, 0.2) is 30.5 Å². The molecule has 0 spiro atoms. The number of nitriles is 1. The summed E-state index contributed by atoms with van der Waals surface area (Å²) in [5.41, 5.74) is 1.66. The summed E-state index contributed by atoms with van der Waals surface area (Å²) in [6.45, 7) is 2.00. The topological polar surface area (TPSA) is 98.0 Å². The molecule has 1 aromatic heterocycles. The third-order valence-corrected chi connectivity index (χ3v) is 4.43. The molecular formula is C17H20N4O2S. The van der Waals surface area contributed by atoms with Gasteiger partial charge in [0.25, 0.3) is 0 Å². The summed E-state index contributed by atoms with van der Waals surface area (Å²) in [6, 6.07) is 9.18. The van der Waals surface area contributed by atoms with Gasteiger partial charge in [0.15, 0.2) is 5.13 Å². The number of carbonyl (C=O) groups is 1. The highest BCUT2D eigenvalue weighted by Crippen LogP contribution is 2.21. The number of thiazole rings is 1. The van der Waals surface area contributed by atoms with Crippen LogP contribution >= 0.6 is 11.3 Å². The summed E-state index contributed by atoms with van der Waals surface area (Å²) in [4.78, 5) is 17.1. The minimum atomic E-state index is -0.317. The Morgan fingerprint density at radius 3 is 3.04 bits per heavy atom. The Labute approximate surface area is 145 Å². The van der Waals surface area contributed by atoms with Crippen LogP contribution in [0.3, 0.4) is 0 Å². The second-order valence-electron chi connectivity index (χ2n) is 5.34. The summed E-state index contributed by atoms with van der Waals surface area (Å²) in [5.74, 6) is 0. The molecule has 6 nitrogen and oxygen atoms in total. The molecule has 0 saturated carbocycles. The molecule has 1 atom stereocenters. The molecule has 1 heterocycles. The van der Waals surface area contributed by atoms with Crippen LogP contribution in [0.5, 0.6) is 0 Å². The average Bonchev–Trinajstić information content (AvgIpc) is 3.01. The van der Waals surface area contributed by atoms with E-state index in [1.165, 1.54) is 11.3 Å². The normalized spacial score (nSPS) is 11.5. The maximum Gasteiger partial charge on any atom is 0.321 e. The standard InChI is InChI=1S/C17H20N4O2S/c1-2-14(6-7-22)20-16(23)21-17-19-11-15(24-17)9-12-4-3-5-13(8-12)10-18/h3-5,8,11,14,22H,2,6-7,9H2,1H3,(H2,19,20,21,23). The third kappa shape index (κ3) is 5.33. The van der Waals surface area contributed by atoms with Gasteiger partial charge < -0.3 is 10.4 Å². The van der Waals surface area contributed by atoms with Crippen molar-refractivity contribution in [3.63, 3.8) is 0 Å². The van der Waals surface area contributed by atoms with Crippen LogP contribution in [0.25, 0.3) is 0 Å². The molecule has 2 amide bonds. The third-order valence-electron chi connectivity index (χ3n) is 3.51. The lowest BCUT2D eigenvalue weighted by molar-refractivity contribution is 0.237. The van der Waals surface area contributed by atoms with E-state index in [1.807, 2.05) is 25.1 Å². The first kappa shape index (κ1) is 17.9. The Morgan fingerprint density at radius 2 is 2.33 bits per heavy atom. The number of amides is 2. The minimum Gasteiger partial charge on any atom is -0.396 e. The van der Waals surface area contributed by atoms with Gasteiger partial charge in [-0.3, -0.25) is 5.32 Å². The van der Waals surface area contributed by atoms with E-state index in [2.05, 4.69) is 21.7 Å². The molecule has 3 N–H and O–H groups in total. The van der Waals surface area contributed by atoms with Gasteiger partial charge in [-0.1, -0.05) is 19.1 Å². The average molecular weight is 344 g/mol. The minimum absolute atomic E-state index is 0.0436. The summed E-state index contributed by atoms with van der Waals surface area (Å²) in [6.07, 6.45) is 3.68. The molecular weight excluding hydrogens is 324 g/mol. The molecule has 0 aliphatic carbocycles. The molecule has 0 aliphatic heterocycles. The molecule has 0 bridgehead atoms. The zero-order valence-electron chi connectivity index (χ0n) is 13.5. The van der Waals surface area contributed by atoms with Crippen molar-refractivity contribution < 1.29 is 9.90 Å². The summed E-state index contributed by atoms with van der Waals surface area (Å²) < 4.78 is 0. The Balaban J connectivity index is 1.93. The molecule has 2 rings (SSSR count). The van der Waals surface area contributed by atoms with E-state index in [9.17, 15) is 4.79 Å². The van der Waals surface area contributed by atoms with Crippen molar-refractivity contribution >= 4 is 22.5 Å². The fourth-order valence-electron chi connectivity index (χ4n) is 2.25. The maximum atomic E-state index is 11.9. The van der Waals surface area contributed by atoms with E-state index in [4.69, 9.17) is 10.4 Å². The first-order valence-electron chi connectivity index (χ1n) is 7.76. The second kappa shape index (κ2) is 9.01. The summed E-state index contributed by atoms with van der Waals surface area (Å²) in [5, 5.41) is 23.9. The molecule has 7 heteroatoms. The van der Waals surface area contributed by atoms with Crippen LogP contribution in [0.1, 0.15) is 35.8 Å². The van der Waals surface area contributed by atoms with Crippen molar-refractivity contribution in [3.05, 3.63) is 46.5 Å². The second-order valence-corrected chi connectivity index (χ2v) is 6.45. The Hall–Kier alpha value is -2.43. The predicted molar refractivity (Wildman–Crippen MR) is 94.0 cm³/mol. The number of aliphatic hydroxyl groups is 1. The van der Waals surface area contributed by atoms with E-state index >= 15 is 0 Å². The number of hydrogen-bond acceptors (Lipinski definition) is 5. The Bertz CT molecular complexity index is 723. The quantitative estimate of drug-likeness (QED) is 0.719. The van der Waals surface area contributed by atoms with E-state index < -0.39 is 0 Å². The van der Waals surface area contributed by atoms with Crippen molar-refractivity contribution in [3.8, 4) is 6.07 Å². The highest BCUT2D eigenvalue weighted by molar-refractivity contribution is 7.15. The molecule has 24 heavy (non-hydrogen) atoms. The number of aliphatic hydroxyl groups excluding tert-OH is 1. The van der Waals surface area contributed by atoms with Crippen LogP contribution in [0.4, 0.5) is 9.93 Å². The number of hydrogen-bond donors (Lipinski definition) is 3. The van der Waals surface area contributed by atoms with Gasteiger partial charge >= 0.3 is 6.03 Å². The number of aromatic nitrogens is 1. The number of urea groups is 1. The fourth-order valence-corrected chi connectivity index (χ4v) is 3.09. The number of carbonyl (C=O) groups excluding carboxylic acids is 1. The van der Waals surface area contributed by atoms with E-state index in [0.29, 0.717) is 23.5 Å². The number of nitrogens with zero attached hydrogens (tertiary/aromatic N) is 2. The van der Waals surface area contributed by atoms with Gasteiger partial charge in [-0.2, -0.15) is 5.26 Å². The smallest absolute Gasteiger partial charge is 0.321 e. The van der Waals surface area contributed by atoms with Crippen LogP contribution in [0, 0.1) is 11.3 Å². The zero-order chi connectivity index (χ0) is 17.4.